The van der Waals surface area contributed by atoms with Gasteiger partial charge in [0, 0.05) is 18.9 Å². The molecule has 0 aliphatic heterocycles. The molecule has 0 radical (unpaired) electrons. The summed E-state index contributed by atoms with van der Waals surface area (Å²) in [6.07, 6.45) is 6.64. The summed E-state index contributed by atoms with van der Waals surface area (Å²) in [7, 11) is 0. The van der Waals surface area contributed by atoms with E-state index >= 15 is 0 Å². The van der Waals surface area contributed by atoms with Crippen molar-refractivity contribution in [2.24, 2.45) is 0 Å². The fourth-order valence-corrected chi connectivity index (χ4v) is 4.10. The Morgan fingerprint density at radius 3 is 2.85 bits per heavy atom. The van der Waals surface area contributed by atoms with Crippen LogP contribution in [0.25, 0.3) is 10.2 Å². The van der Waals surface area contributed by atoms with Gasteiger partial charge in [0.05, 0.1) is 29.0 Å². The molecule has 3 aromatic heterocycles. The number of carbonyl (C=O) groups is 1. The molecule has 0 aliphatic rings. The van der Waals surface area contributed by atoms with Crippen LogP contribution in [0, 0.1) is 6.92 Å². The predicted molar refractivity (Wildman–Crippen MR) is 104 cm³/mol. The highest BCUT2D eigenvalue weighted by Crippen LogP contribution is 2.27. The fourth-order valence-electron chi connectivity index (χ4n) is 3.04. The largest absolute Gasteiger partial charge is 0.343 e. The molecule has 1 amide bonds. The topological polar surface area (TPSA) is 92.7 Å². The Morgan fingerprint density at radius 2 is 2.15 bits per heavy atom. The number of carbonyl (C=O) groups excluding carboxylic acids is 1. The average Bonchev–Trinajstić information content (AvgIpc) is 3.30. The number of amides is 1. The van der Waals surface area contributed by atoms with Crippen molar-refractivity contribution in [1.29, 1.82) is 0 Å². The molecule has 1 aromatic carbocycles. The summed E-state index contributed by atoms with van der Waals surface area (Å²) in [5.41, 5.74) is 1.41. The van der Waals surface area contributed by atoms with E-state index < -0.39 is 0 Å². The Hall–Kier alpha value is -3.26. The number of nitrogens with one attached hydrogen (secondary N) is 2. The molecule has 0 saturated carbocycles. The number of H-pyrrole nitrogens is 1. The summed E-state index contributed by atoms with van der Waals surface area (Å²) in [6.45, 7) is 2.33. The number of aromatic nitrogens is 4. The first kappa shape index (κ1) is 17.2. The number of aryl methyl sites for hydroxylation is 1. The van der Waals surface area contributed by atoms with Crippen LogP contribution in [0.3, 0.4) is 0 Å². The molecule has 0 aliphatic carbocycles. The summed E-state index contributed by atoms with van der Waals surface area (Å²) in [5, 5.41) is 3.56. The van der Waals surface area contributed by atoms with E-state index in [2.05, 4.69) is 20.3 Å². The molecule has 4 aromatic rings. The van der Waals surface area contributed by atoms with E-state index in [1.165, 1.54) is 17.7 Å². The minimum atomic E-state index is -0.233. The average molecular weight is 379 g/mol. The molecule has 1 unspecified atom stereocenters. The maximum atomic E-state index is 13.0. The summed E-state index contributed by atoms with van der Waals surface area (Å²) in [4.78, 5) is 36.9. The lowest BCUT2D eigenvalue weighted by Crippen LogP contribution is -2.31. The van der Waals surface area contributed by atoms with Crippen LogP contribution in [-0.4, -0.2) is 25.4 Å². The number of benzene rings is 1. The zero-order valence-electron chi connectivity index (χ0n) is 14.5. The SMILES string of the molecule is Cc1c(C(=O)NC(Cn2ccnc2)c2ccccc2)sc2nc[nH]c(=O)c12. The zero-order chi connectivity index (χ0) is 18.8. The normalized spacial score (nSPS) is 12.2. The third-order valence-electron chi connectivity index (χ3n) is 4.40. The summed E-state index contributed by atoms with van der Waals surface area (Å²) in [6, 6.07) is 9.54. The molecule has 136 valence electrons. The molecule has 1 atom stereocenters. The van der Waals surface area contributed by atoms with Crippen LogP contribution < -0.4 is 10.9 Å². The van der Waals surface area contributed by atoms with Crippen molar-refractivity contribution < 1.29 is 4.79 Å². The van der Waals surface area contributed by atoms with Crippen molar-refractivity contribution in [3.63, 3.8) is 0 Å². The van der Waals surface area contributed by atoms with Crippen LogP contribution in [0.5, 0.6) is 0 Å². The van der Waals surface area contributed by atoms with Gasteiger partial charge in [-0.1, -0.05) is 30.3 Å². The molecular weight excluding hydrogens is 362 g/mol. The Morgan fingerprint density at radius 1 is 1.33 bits per heavy atom. The van der Waals surface area contributed by atoms with Gasteiger partial charge in [-0.25, -0.2) is 9.97 Å². The Kier molecular flexibility index (Phi) is 4.55. The van der Waals surface area contributed by atoms with Crippen LogP contribution in [-0.2, 0) is 6.54 Å². The summed E-state index contributed by atoms with van der Waals surface area (Å²) in [5.74, 6) is -0.219. The van der Waals surface area contributed by atoms with Crippen molar-refractivity contribution in [2.75, 3.05) is 0 Å². The molecule has 8 heteroatoms. The van der Waals surface area contributed by atoms with Gasteiger partial charge in [-0.15, -0.1) is 11.3 Å². The van der Waals surface area contributed by atoms with Crippen LogP contribution in [0.4, 0.5) is 0 Å². The Balaban J connectivity index is 1.67. The number of imidazole rings is 1. The molecule has 0 bridgehead atoms. The van der Waals surface area contributed by atoms with E-state index in [0.717, 1.165) is 5.56 Å². The van der Waals surface area contributed by atoms with E-state index in [0.29, 0.717) is 27.2 Å². The maximum Gasteiger partial charge on any atom is 0.262 e. The number of rotatable bonds is 5. The van der Waals surface area contributed by atoms with Gasteiger partial charge >= 0.3 is 0 Å². The summed E-state index contributed by atoms with van der Waals surface area (Å²) < 4.78 is 1.92. The molecule has 7 nitrogen and oxygen atoms in total. The zero-order valence-corrected chi connectivity index (χ0v) is 15.4. The van der Waals surface area contributed by atoms with E-state index in [9.17, 15) is 9.59 Å². The first-order chi connectivity index (χ1) is 13.1. The summed E-state index contributed by atoms with van der Waals surface area (Å²) >= 11 is 1.23. The maximum absolute atomic E-state index is 13.0. The van der Waals surface area contributed by atoms with Crippen molar-refractivity contribution in [3.05, 3.63) is 81.7 Å². The van der Waals surface area contributed by atoms with Crippen LogP contribution in [0.2, 0.25) is 0 Å². The van der Waals surface area contributed by atoms with Gasteiger partial charge in [0.25, 0.3) is 11.5 Å². The van der Waals surface area contributed by atoms with Crippen LogP contribution in [0.15, 0.2) is 60.2 Å². The first-order valence-electron chi connectivity index (χ1n) is 8.42. The lowest BCUT2D eigenvalue weighted by Gasteiger charge is -2.19. The second kappa shape index (κ2) is 7.16. The standard InChI is InChI=1S/C19H17N5O2S/c1-12-15-17(25)21-10-22-19(15)27-16(12)18(26)23-14(9-24-8-7-20-11-24)13-5-3-2-4-6-13/h2-8,10-11,14H,9H2,1H3,(H,23,26)(H,21,22,25). The fraction of sp³-hybridized carbons (Fsp3) is 0.158. The molecule has 0 fully saturated rings. The van der Waals surface area contributed by atoms with Crippen LogP contribution in [0.1, 0.15) is 26.8 Å². The van der Waals surface area contributed by atoms with Gasteiger partial charge in [-0.05, 0) is 18.1 Å². The molecule has 3 heterocycles. The smallest absolute Gasteiger partial charge is 0.262 e. The molecule has 0 saturated heterocycles. The van der Waals surface area contributed by atoms with E-state index in [1.807, 2.05) is 41.1 Å². The number of hydrogen-bond acceptors (Lipinski definition) is 5. The lowest BCUT2D eigenvalue weighted by atomic mass is 10.1. The second-order valence-corrected chi connectivity index (χ2v) is 7.16. The highest BCUT2D eigenvalue weighted by Gasteiger charge is 2.22. The van der Waals surface area contributed by atoms with Gasteiger partial charge in [0.15, 0.2) is 0 Å². The molecule has 4 rings (SSSR count). The van der Waals surface area contributed by atoms with Gasteiger partial charge < -0.3 is 14.9 Å². The third kappa shape index (κ3) is 3.39. The van der Waals surface area contributed by atoms with E-state index in [-0.39, 0.29) is 17.5 Å². The van der Waals surface area contributed by atoms with Crippen molar-refractivity contribution in [1.82, 2.24) is 24.8 Å². The van der Waals surface area contributed by atoms with Gasteiger partial charge in [0.2, 0.25) is 0 Å². The molecule has 0 spiro atoms. The predicted octanol–water partition coefficient (Wildman–Crippen LogP) is 2.66. The second-order valence-electron chi connectivity index (χ2n) is 6.16. The van der Waals surface area contributed by atoms with E-state index in [4.69, 9.17) is 0 Å². The number of thiophene rings is 1. The van der Waals surface area contributed by atoms with Crippen molar-refractivity contribution in [2.45, 2.75) is 19.5 Å². The Bertz CT molecular complexity index is 1130. The van der Waals surface area contributed by atoms with Gasteiger partial charge in [-0.3, -0.25) is 9.59 Å². The molecule has 2 N–H and O–H groups in total. The molecular formula is C19H17N5O2S. The number of fused-ring (bicyclic) bond motifs is 1. The number of aromatic amines is 1. The van der Waals surface area contributed by atoms with Crippen LogP contribution >= 0.6 is 11.3 Å². The third-order valence-corrected chi connectivity index (χ3v) is 5.60. The van der Waals surface area contributed by atoms with Crippen molar-refractivity contribution in [3.8, 4) is 0 Å². The van der Waals surface area contributed by atoms with Crippen molar-refractivity contribution >= 4 is 27.5 Å². The number of hydrogen-bond donors (Lipinski definition) is 2. The van der Waals surface area contributed by atoms with Gasteiger partial charge in [-0.2, -0.15) is 0 Å². The monoisotopic (exact) mass is 379 g/mol. The molecule has 27 heavy (non-hydrogen) atoms. The first-order valence-corrected chi connectivity index (χ1v) is 9.23. The number of nitrogens with zero attached hydrogens (tertiary/aromatic N) is 3. The van der Waals surface area contributed by atoms with E-state index in [1.54, 1.807) is 19.4 Å². The highest BCUT2D eigenvalue weighted by atomic mass is 32.1. The Labute approximate surface area is 158 Å². The minimum Gasteiger partial charge on any atom is -0.343 e. The highest BCUT2D eigenvalue weighted by molar-refractivity contribution is 7.20. The quantitative estimate of drug-likeness (QED) is 0.558. The lowest BCUT2D eigenvalue weighted by molar-refractivity contribution is 0.0936. The minimum absolute atomic E-state index is 0.219. The van der Waals surface area contributed by atoms with Gasteiger partial charge in [0.1, 0.15) is 4.83 Å².